The Labute approximate surface area is 149 Å². The molecule has 0 saturated carbocycles. The van der Waals surface area contributed by atoms with Crippen molar-refractivity contribution in [3.8, 4) is 0 Å². The minimum absolute atomic E-state index is 0.0185. The van der Waals surface area contributed by atoms with Crippen LogP contribution in [0.2, 0.25) is 0 Å². The highest BCUT2D eigenvalue weighted by molar-refractivity contribution is 7.92. The number of hydrogen-bond acceptors (Lipinski definition) is 3. The van der Waals surface area contributed by atoms with Gasteiger partial charge in [-0.3, -0.25) is 9.52 Å². The zero-order valence-corrected chi connectivity index (χ0v) is 14.8. The van der Waals surface area contributed by atoms with Crippen LogP contribution < -0.4 is 10.0 Å². The lowest BCUT2D eigenvalue weighted by Crippen LogP contribution is -2.30. The van der Waals surface area contributed by atoms with Gasteiger partial charge in [0, 0.05) is 17.3 Å². The van der Waals surface area contributed by atoms with Gasteiger partial charge in [0.15, 0.2) is 0 Å². The van der Waals surface area contributed by atoms with Crippen LogP contribution in [0.4, 0.5) is 18.9 Å². The Bertz CT molecular complexity index is 892. The van der Waals surface area contributed by atoms with Crippen LogP contribution in [-0.2, 0) is 16.2 Å². The summed E-state index contributed by atoms with van der Waals surface area (Å²) >= 11 is 0. The summed E-state index contributed by atoms with van der Waals surface area (Å²) in [7, 11) is -4.06. The molecule has 0 aromatic heterocycles. The zero-order chi connectivity index (χ0) is 19.5. The molecule has 5 nitrogen and oxygen atoms in total. The van der Waals surface area contributed by atoms with Crippen molar-refractivity contribution < 1.29 is 26.4 Å². The first-order valence-corrected chi connectivity index (χ1v) is 9.08. The maximum atomic E-state index is 12.6. The Morgan fingerprint density at radius 3 is 2.19 bits per heavy atom. The van der Waals surface area contributed by atoms with Gasteiger partial charge in [0.05, 0.1) is 10.5 Å². The standard InChI is InChI=1S/C17H17F3N2O3S/c1-11(2)21-16(23)12-4-3-5-15(10-12)26(24,25)22-14-8-6-13(7-9-14)17(18,19)20/h3-11,22H,1-2H3,(H,21,23). The first-order chi connectivity index (χ1) is 12.0. The summed E-state index contributed by atoms with van der Waals surface area (Å²) in [5, 5.41) is 2.65. The number of carbonyl (C=O) groups is 1. The molecule has 0 radical (unpaired) electrons. The van der Waals surface area contributed by atoms with E-state index < -0.39 is 27.7 Å². The molecular formula is C17H17F3N2O3S. The van der Waals surface area contributed by atoms with Crippen molar-refractivity contribution in [2.24, 2.45) is 0 Å². The monoisotopic (exact) mass is 386 g/mol. The predicted molar refractivity (Wildman–Crippen MR) is 91.3 cm³/mol. The van der Waals surface area contributed by atoms with E-state index in [1.54, 1.807) is 13.8 Å². The molecule has 0 fully saturated rings. The number of rotatable bonds is 5. The molecule has 2 aromatic rings. The number of anilines is 1. The summed E-state index contributed by atoms with van der Waals surface area (Å²) < 4.78 is 64.7. The third-order valence-electron chi connectivity index (χ3n) is 3.29. The third-order valence-corrected chi connectivity index (χ3v) is 4.67. The van der Waals surface area contributed by atoms with Crippen LogP contribution in [0.5, 0.6) is 0 Å². The van der Waals surface area contributed by atoms with E-state index in [-0.39, 0.29) is 22.2 Å². The lowest BCUT2D eigenvalue weighted by Gasteiger charge is -2.12. The van der Waals surface area contributed by atoms with Gasteiger partial charge in [-0.25, -0.2) is 8.42 Å². The van der Waals surface area contributed by atoms with Crippen LogP contribution in [0.3, 0.4) is 0 Å². The van der Waals surface area contributed by atoms with E-state index in [2.05, 4.69) is 10.0 Å². The van der Waals surface area contributed by atoms with Crippen molar-refractivity contribution in [1.29, 1.82) is 0 Å². The lowest BCUT2D eigenvalue weighted by molar-refractivity contribution is -0.137. The number of halogens is 3. The van der Waals surface area contributed by atoms with Crippen LogP contribution in [0.1, 0.15) is 29.8 Å². The molecule has 0 bridgehead atoms. The van der Waals surface area contributed by atoms with E-state index in [0.717, 1.165) is 24.3 Å². The van der Waals surface area contributed by atoms with Gasteiger partial charge in [-0.2, -0.15) is 13.2 Å². The molecule has 0 spiro atoms. The van der Waals surface area contributed by atoms with Crippen molar-refractivity contribution in [3.63, 3.8) is 0 Å². The second-order valence-corrected chi connectivity index (χ2v) is 7.52. The second-order valence-electron chi connectivity index (χ2n) is 5.84. The average molecular weight is 386 g/mol. The Kier molecular flexibility index (Phi) is 5.60. The highest BCUT2D eigenvalue weighted by atomic mass is 32.2. The van der Waals surface area contributed by atoms with Crippen LogP contribution in [0, 0.1) is 0 Å². The lowest BCUT2D eigenvalue weighted by atomic mass is 10.2. The number of benzene rings is 2. The molecule has 0 aliphatic heterocycles. The maximum Gasteiger partial charge on any atom is 0.416 e. The summed E-state index contributed by atoms with van der Waals surface area (Å²) in [5.41, 5.74) is -0.739. The largest absolute Gasteiger partial charge is 0.416 e. The molecular weight excluding hydrogens is 369 g/mol. The van der Waals surface area contributed by atoms with Gasteiger partial charge in [-0.1, -0.05) is 6.07 Å². The van der Waals surface area contributed by atoms with E-state index in [0.29, 0.717) is 0 Å². The molecule has 0 atom stereocenters. The highest BCUT2D eigenvalue weighted by Crippen LogP contribution is 2.30. The Morgan fingerprint density at radius 2 is 1.65 bits per heavy atom. The number of alkyl halides is 3. The van der Waals surface area contributed by atoms with Crippen LogP contribution in [0.25, 0.3) is 0 Å². The molecule has 0 aliphatic rings. The minimum atomic E-state index is -4.50. The highest BCUT2D eigenvalue weighted by Gasteiger charge is 2.30. The molecule has 2 rings (SSSR count). The number of hydrogen-bond donors (Lipinski definition) is 2. The SMILES string of the molecule is CC(C)NC(=O)c1cccc(S(=O)(=O)Nc2ccc(C(F)(F)F)cc2)c1. The van der Waals surface area contributed by atoms with Gasteiger partial charge in [0.25, 0.3) is 15.9 Å². The molecule has 9 heteroatoms. The van der Waals surface area contributed by atoms with Gasteiger partial charge in [-0.15, -0.1) is 0 Å². The predicted octanol–water partition coefficient (Wildman–Crippen LogP) is 3.64. The van der Waals surface area contributed by atoms with Crippen molar-refractivity contribution in [2.75, 3.05) is 4.72 Å². The van der Waals surface area contributed by atoms with Gasteiger partial charge >= 0.3 is 6.18 Å². The molecule has 2 aromatic carbocycles. The molecule has 1 amide bonds. The zero-order valence-electron chi connectivity index (χ0n) is 14.0. The average Bonchev–Trinajstić information content (AvgIpc) is 2.53. The van der Waals surface area contributed by atoms with Gasteiger partial charge < -0.3 is 5.32 Å². The fourth-order valence-electron chi connectivity index (χ4n) is 2.09. The molecule has 0 heterocycles. The summed E-state index contributed by atoms with van der Waals surface area (Å²) in [6, 6.07) is 8.86. The normalized spacial score (nSPS) is 12.1. The first-order valence-electron chi connectivity index (χ1n) is 7.60. The van der Waals surface area contributed by atoms with E-state index in [9.17, 15) is 26.4 Å². The fourth-order valence-corrected chi connectivity index (χ4v) is 3.20. The van der Waals surface area contributed by atoms with Crippen LogP contribution in [0.15, 0.2) is 53.4 Å². The van der Waals surface area contributed by atoms with Gasteiger partial charge in [0.1, 0.15) is 0 Å². The van der Waals surface area contributed by atoms with Crippen LogP contribution in [-0.4, -0.2) is 20.4 Å². The Balaban J connectivity index is 2.24. The van der Waals surface area contributed by atoms with Crippen molar-refractivity contribution in [1.82, 2.24) is 5.32 Å². The van der Waals surface area contributed by atoms with E-state index >= 15 is 0 Å². The van der Waals surface area contributed by atoms with Gasteiger partial charge in [0.2, 0.25) is 0 Å². The second kappa shape index (κ2) is 7.36. The van der Waals surface area contributed by atoms with Crippen LogP contribution >= 0.6 is 0 Å². The van der Waals surface area contributed by atoms with Crippen molar-refractivity contribution in [2.45, 2.75) is 31.0 Å². The summed E-state index contributed by atoms with van der Waals surface area (Å²) in [5.74, 6) is -0.424. The molecule has 0 aliphatic carbocycles. The third kappa shape index (κ3) is 4.98. The number of carbonyl (C=O) groups excluding carboxylic acids is 1. The quantitative estimate of drug-likeness (QED) is 0.824. The molecule has 26 heavy (non-hydrogen) atoms. The molecule has 140 valence electrons. The Hall–Kier alpha value is -2.55. The van der Waals surface area contributed by atoms with E-state index in [4.69, 9.17) is 0 Å². The number of sulfonamides is 1. The maximum absolute atomic E-state index is 12.6. The van der Waals surface area contributed by atoms with Gasteiger partial charge in [-0.05, 0) is 56.3 Å². The summed E-state index contributed by atoms with van der Waals surface area (Å²) in [6.45, 7) is 3.54. The smallest absolute Gasteiger partial charge is 0.350 e. The molecule has 2 N–H and O–H groups in total. The summed E-state index contributed by atoms with van der Waals surface area (Å²) in [6.07, 6.45) is -4.50. The van der Waals surface area contributed by atoms with E-state index in [1.165, 1.54) is 24.3 Å². The Morgan fingerprint density at radius 1 is 1.04 bits per heavy atom. The fraction of sp³-hybridized carbons (Fsp3) is 0.235. The molecule has 0 saturated heterocycles. The van der Waals surface area contributed by atoms with Crippen molar-refractivity contribution in [3.05, 3.63) is 59.7 Å². The minimum Gasteiger partial charge on any atom is -0.350 e. The number of amides is 1. The topological polar surface area (TPSA) is 75.3 Å². The summed E-state index contributed by atoms with van der Waals surface area (Å²) in [4.78, 5) is 11.8. The van der Waals surface area contributed by atoms with Crippen molar-refractivity contribution >= 4 is 21.6 Å². The molecule has 0 unspecified atom stereocenters. The first kappa shape index (κ1) is 19.8. The number of nitrogens with one attached hydrogen (secondary N) is 2. The van der Waals surface area contributed by atoms with E-state index in [1.807, 2.05) is 0 Å².